The first-order valence-corrected chi connectivity index (χ1v) is 7.42. The fourth-order valence-electron chi connectivity index (χ4n) is 1.90. The zero-order valence-electron chi connectivity index (χ0n) is 11.7. The maximum Gasteiger partial charge on any atom is 0.0596 e. The zero-order valence-corrected chi connectivity index (χ0v) is 12.5. The van der Waals surface area contributed by atoms with Gasteiger partial charge in [-0.1, -0.05) is 20.8 Å². The van der Waals surface area contributed by atoms with Crippen LogP contribution >= 0.6 is 11.8 Å². The van der Waals surface area contributed by atoms with Crippen molar-refractivity contribution in [3.63, 3.8) is 0 Å². The summed E-state index contributed by atoms with van der Waals surface area (Å²) >= 11 is 2.02. The average molecular weight is 255 g/mol. The summed E-state index contributed by atoms with van der Waals surface area (Å²) in [4.78, 5) is 0. The normalized spacial score (nSPS) is 13.3. The lowest BCUT2D eigenvalue weighted by atomic mass is 10.1. The van der Waals surface area contributed by atoms with Crippen LogP contribution in [0.2, 0.25) is 0 Å². The number of aryl methyl sites for hydroxylation is 2. The molecular weight excluding hydrogens is 230 g/mol. The molecule has 0 spiro atoms. The molecule has 0 fully saturated rings. The highest BCUT2D eigenvalue weighted by Crippen LogP contribution is 2.14. The van der Waals surface area contributed by atoms with E-state index in [9.17, 15) is 0 Å². The number of nitrogens with one attached hydrogen (secondary N) is 1. The second kappa shape index (κ2) is 7.07. The summed E-state index contributed by atoms with van der Waals surface area (Å²) in [6.45, 7) is 9.75. The molecule has 17 heavy (non-hydrogen) atoms. The van der Waals surface area contributed by atoms with Gasteiger partial charge in [-0.3, -0.25) is 4.68 Å². The summed E-state index contributed by atoms with van der Waals surface area (Å²) in [7, 11) is 2.03. The third-order valence-electron chi connectivity index (χ3n) is 2.68. The van der Waals surface area contributed by atoms with Gasteiger partial charge >= 0.3 is 0 Å². The van der Waals surface area contributed by atoms with Gasteiger partial charge in [0.1, 0.15) is 0 Å². The molecule has 0 aliphatic heterocycles. The van der Waals surface area contributed by atoms with E-state index in [2.05, 4.69) is 44.2 Å². The van der Waals surface area contributed by atoms with Crippen LogP contribution in [-0.4, -0.2) is 33.4 Å². The molecule has 0 amide bonds. The minimum atomic E-state index is 0.544. The molecular formula is C13H25N3S. The molecule has 1 aromatic heterocycles. The first-order chi connectivity index (χ1) is 8.02. The first kappa shape index (κ1) is 14.6. The molecule has 98 valence electrons. The Bertz CT molecular complexity index is 333. The number of hydrogen-bond acceptors (Lipinski definition) is 3. The molecule has 1 unspecified atom stereocenters. The van der Waals surface area contributed by atoms with Crippen molar-refractivity contribution in [3.05, 3.63) is 17.5 Å². The number of rotatable bonds is 7. The zero-order chi connectivity index (χ0) is 12.8. The smallest absolute Gasteiger partial charge is 0.0596 e. The van der Waals surface area contributed by atoms with Gasteiger partial charge in [0.2, 0.25) is 0 Å². The number of aromatic nitrogens is 2. The summed E-state index contributed by atoms with van der Waals surface area (Å²) in [5, 5.41) is 8.66. The molecule has 0 aromatic carbocycles. The van der Waals surface area contributed by atoms with Crippen molar-refractivity contribution >= 4 is 11.8 Å². The number of hydrogen-bond donors (Lipinski definition) is 1. The van der Waals surface area contributed by atoms with E-state index in [1.165, 1.54) is 5.69 Å². The summed E-state index contributed by atoms with van der Waals surface area (Å²) < 4.78 is 2.00. The summed E-state index contributed by atoms with van der Waals surface area (Å²) in [6, 6.07) is 2.73. The van der Waals surface area contributed by atoms with Gasteiger partial charge in [-0.2, -0.15) is 16.9 Å². The van der Waals surface area contributed by atoms with Crippen molar-refractivity contribution in [1.82, 2.24) is 15.1 Å². The Kier molecular flexibility index (Phi) is 6.06. The fourth-order valence-corrected chi connectivity index (χ4v) is 2.75. The van der Waals surface area contributed by atoms with Crippen LogP contribution in [0.3, 0.4) is 0 Å². The Morgan fingerprint density at radius 1 is 1.47 bits per heavy atom. The Hall–Kier alpha value is -0.480. The highest BCUT2D eigenvalue weighted by molar-refractivity contribution is 7.99. The quantitative estimate of drug-likeness (QED) is 0.811. The molecule has 0 aliphatic rings. The van der Waals surface area contributed by atoms with Crippen molar-refractivity contribution in [1.29, 1.82) is 0 Å². The maximum atomic E-state index is 4.40. The molecule has 0 aliphatic carbocycles. The van der Waals surface area contributed by atoms with Crippen molar-refractivity contribution in [3.8, 4) is 0 Å². The minimum Gasteiger partial charge on any atom is -0.313 e. The van der Waals surface area contributed by atoms with Crippen LogP contribution in [0.1, 0.15) is 32.2 Å². The molecule has 4 heteroatoms. The van der Waals surface area contributed by atoms with Gasteiger partial charge in [-0.25, -0.2) is 0 Å². The fraction of sp³-hybridized carbons (Fsp3) is 0.769. The topological polar surface area (TPSA) is 29.9 Å². The second-order valence-electron chi connectivity index (χ2n) is 4.74. The highest BCUT2D eigenvalue weighted by Gasteiger charge is 2.12. The minimum absolute atomic E-state index is 0.544. The molecule has 1 rings (SSSR count). The van der Waals surface area contributed by atoms with Crippen molar-refractivity contribution in [2.24, 2.45) is 7.05 Å². The van der Waals surface area contributed by atoms with Crippen molar-refractivity contribution in [2.45, 2.75) is 45.4 Å². The van der Waals surface area contributed by atoms with Crippen LogP contribution in [0, 0.1) is 6.92 Å². The monoisotopic (exact) mass is 255 g/mol. The van der Waals surface area contributed by atoms with Crippen LogP contribution in [-0.2, 0) is 13.5 Å². The van der Waals surface area contributed by atoms with Gasteiger partial charge in [-0.05, 0) is 24.8 Å². The van der Waals surface area contributed by atoms with E-state index in [0.717, 1.165) is 24.4 Å². The van der Waals surface area contributed by atoms with Gasteiger partial charge in [0.25, 0.3) is 0 Å². The van der Waals surface area contributed by atoms with Gasteiger partial charge in [0.15, 0.2) is 0 Å². The van der Waals surface area contributed by atoms with E-state index in [4.69, 9.17) is 0 Å². The van der Waals surface area contributed by atoms with E-state index in [1.807, 2.05) is 23.5 Å². The van der Waals surface area contributed by atoms with Crippen molar-refractivity contribution < 1.29 is 0 Å². The lowest BCUT2D eigenvalue weighted by Gasteiger charge is -2.18. The highest BCUT2D eigenvalue weighted by atomic mass is 32.2. The van der Waals surface area contributed by atoms with Gasteiger partial charge in [0.05, 0.1) is 5.69 Å². The largest absolute Gasteiger partial charge is 0.313 e. The average Bonchev–Trinajstić information content (AvgIpc) is 2.54. The standard InChI is InChI=1S/C13H25N3S/c1-6-14-12(9-17-10(2)3)8-13-7-11(4)15-16(13)5/h7,10,12,14H,6,8-9H2,1-5H3. The van der Waals surface area contributed by atoms with Crippen LogP contribution in [0.15, 0.2) is 6.07 Å². The predicted molar refractivity (Wildman–Crippen MR) is 76.7 cm³/mol. The Morgan fingerprint density at radius 3 is 2.65 bits per heavy atom. The Morgan fingerprint density at radius 2 is 2.18 bits per heavy atom. The predicted octanol–water partition coefficient (Wildman–Crippen LogP) is 2.39. The van der Waals surface area contributed by atoms with Crippen molar-refractivity contribution in [2.75, 3.05) is 12.3 Å². The molecule has 1 aromatic rings. The third-order valence-corrected chi connectivity index (χ3v) is 3.94. The van der Waals surface area contributed by atoms with Crippen LogP contribution in [0.25, 0.3) is 0 Å². The molecule has 0 radical (unpaired) electrons. The summed E-state index contributed by atoms with van der Waals surface area (Å²) in [5.41, 5.74) is 2.42. The summed E-state index contributed by atoms with van der Waals surface area (Å²) in [6.07, 6.45) is 1.06. The van der Waals surface area contributed by atoms with Crippen LogP contribution in [0.4, 0.5) is 0 Å². The molecule has 1 N–H and O–H groups in total. The van der Waals surface area contributed by atoms with E-state index in [0.29, 0.717) is 11.3 Å². The van der Waals surface area contributed by atoms with E-state index in [1.54, 1.807) is 0 Å². The van der Waals surface area contributed by atoms with Gasteiger partial charge in [-0.15, -0.1) is 0 Å². The first-order valence-electron chi connectivity index (χ1n) is 6.37. The van der Waals surface area contributed by atoms with Gasteiger partial charge in [0, 0.05) is 31.0 Å². The van der Waals surface area contributed by atoms with Crippen LogP contribution in [0.5, 0.6) is 0 Å². The SMILES string of the molecule is CCNC(CSC(C)C)Cc1cc(C)nn1C. The Balaban J connectivity index is 2.56. The third kappa shape index (κ3) is 5.13. The number of nitrogens with zero attached hydrogens (tertiary/aromatic N) is 2. The van der Waals surface area contributed by atoms with E-state index in [-0.39, 0.29) is 0 Å². The molecule has 0 saturated carbocycles. The molecule has 0 bridgehead atoms. The van der Waals surface area contributed by atoms with E-state index >= 15 is 0 Å². The second-order valence-corrected chi connectivity index (χ2v) is 6.35. The summed E-state index contributed by atoms with van der Waals surface area (Å²) in [5.74, 6) is 1.16. The lowest BCUT2D eigenvalue weighted by molar-refractivity contribution is 0.548. The lowest BCUT2D eigenvalue weighted by Crippen LogP contribution is -2.34. The molecule has 3 nitrogen and oxygen atoms in total. The van der Waals surface area contributed by atoms with E-state index < -0.39 is 0 Å². The molecule has 0 saturated heterocycles. The number of thioether (sulfide) groups is 1. The van der Waals surface area contributed by atoms with Gasteiger partial charge < -0.3 is 5.32 Å². The van der Waals surface area contributed by atoms with Crippen LogP contribution < -0.4 is 5.32 Å². The molecule has 1 atom stereocenters. The Labute approximate surface area is 109 Å². The maximum absolute atomic E-state index is 4.40. The molecule has 1 heterocycles. The number of likely N-dealkylation sites (N-methyl/N-ethyl adjacent to an activating group) is 1.